The van der Waals surface area contributed by atoms with Gasteiger partial charge in [0.2, 0.25) is 5.91 Å². The Kier molecular flexibility index (Phi) is 7.85. The Morgan fingerprint density at radius 2 is 2.15 bits per heavy atom. The lowest BCUT2D eigenvalue weighted by Gasteiger charge is -2.22. The molecule has 0 bridgehead atoms. The highest BCUT2D eigenvalue weighted by Crippen LogP contribution is 2.26. The number of carbonyl (C=O) groups is 1. The molecule has 2 unspecified atom stereocenters. The summed E-state index contributed by atoms with van der Waals surface area (Å²) in [5.74, 6) is 1.14. The fourth-order valence-electron chi connectivity index (χ4n) is 2.40. The Labute approximate surface area is 127 Å². The Bertz CT molecular complexity index is 376. The first-order valence-electron chi connectivity index (χ1n) is 7.61. The van der Waals surface area contributed by atoms with Crippen LogP contribution in [0.1, 0.15) is 57.4 Å². The highest BCUT2D eigenvalue weighted by Gasteiger charge is 2.19. The van der Waals surface area contributed by atoms with Crippen molar-refractivity contribution in [2.24, 2.45) is 17.6 Å². The van der Waals surface area contributed by atoms with E-state index in [4.69, 9.17) is 5.73 Å². The molecule has 3 N–H and O–H groups in total. The molecule has 0 aromatic carbocycles. The van der Waals surface area contributed by atoms with E-state index in [0.717, 1.165) is 19.3 Å². The van der Waals surface area contributed by atoms with E-state index < -0.39 is 0 Å². The fourth-order valence-corrected chi connectivity index (χ4v) is 3.35. The van der Waals surface area contributed by atoms with Crippen LogP contribution in [0.3, 0.4) is 0 Å². The van der Waals surface area contributed by atoms with Gasteiger partial charge in [-0.2, -0.15) is 0 Å². The molecule has 114 valence electrons. The average molecular weight is 296 g/mol. The summed E-state index contributed by atoms with van der Waals surface area (Å²) in [5, 5.41) is 5.24. The van der Waals surface area contributed by atoms with Crippen LogP contribution >= 0.6 is 11.3 Å². The molecule has 0 aliphatic carbocycles. The van der Waals surface area contributed by atoms with Crippen LogP contribution in [0.5, 0.6) is 0 Å². The molecule has 4 heteroatoms. The summed E-state index contributed by atoms with van der Waals surface area (Å²) in [5.41, 5.74) is 5.60. The van der Waals surface area contributed by atoms with Gasteiger partial charge in [-0.25, -0.2) is 0 Å². The second-order valence-electron chi connectivity index (χ2n) is 5.69. The Balaban J connectivity index is 2.47. The van der Waals surface area contributed by atoms with Crippen LogP contribution in [0.15, 0.2) is 17.5 Å². The lowest BCUT2D eigenvalue weighted by atomic mass is 9.96. The van der Waals surface area contributed by atoms with Gasteiger partial charge in [-0.1, -0.05) is 33.3 Å². The largest absolute Gasteiger partial charge is 0.348 e. The third-order valence-electron chi connectivity index (χ3n) is 3.76. The number of nitrogens with two attached hydrogens (primary N) is 1. The number of amides is 1. The van der Waals surface area contributed by atoms with Crippen LogP contribution in [-0.4, -0.2) is 12.5 Å². The van der Waals surface area contributed by atoms with Crippen molar-refractivity contribution in [3.05, 3.63) is 22.4 Å². The summed E-state index contributed by atoms with van der Waals surface area (Å²) in [6.45, 7) is 7.17. The van der Waals surface area contributed by atoms with Gasteiger partial charge in [0.1, 0.15) is 0 Å². The quantitative estimate of drug-likeness (QED) is 0.729. The highest BCUT2D eigenvalue weighted by atomic mass is 32.1. The Morgan fingerprint density at radius 1 is 1.40 bits per heavy atom. The summed E-state index contributed by atoms with van der Waals surface area (Å²) in [7, 11) is 0. The molecule has 20 heavy (non-hydrogen) atoms. The SMILES string of the molecule is CCC(CCN)CCC(=O)NC(c1cccs1)C(C)C. The maximum absolute atomic E-state index is 12.1. The summed E-state index contributed by atoms with van der Waals surface area (Å²) < 4.78 is 0. The van der Waals surface area contributed by atoms with Gasteiger partial charge in [0.05, 0.1) is 6.04 Å². The van der Waals surface area contributed by atoms with Crippen LogP contribution in [0.4, 0.5) is 0 Å². The molecule has 0 aliphatic rings. The molecule has 1 heterocycles. The number of thiophene rings is 1. The van der Waals surface area contributed by atoms with Crippen molar-refractivity contribution in [1.82, 2.24) is 5.32 Å². The molecule has 1 rings (SSSR count). The maximum Gasteiger partial charge on any atom is 0.220 e. The summed E-state index contributed by atoms with van der Waals surface area (Å²) in [6.07, 6.45) is 3.66. The van der Waals surface area contributed by atoms with Gasteiger partial charge in [-0.05, 0) is 42.7 Å². The molecule has 0 spiro atoms. The molecule has 0 saturated carbocycles. The van der Waals surface area contributed by atoms with E-state index in [0.29, 0.717) is 24.8 Å². The van der Waals surface area contributed by atoms with Gasteiger partial charge in [-0.3, -0.25) is 4.79 Å². The van der Waals surface area contributed by atoms with E-state index in [9.17, 15) is 4.79 Å². The van der Waals surface area contributed by atoms with Crippen LogP contribution < -0.4 is 11.1 Å². The second-order valence-corrected chi connectivity index (χ2v) is 6.67. The summed E-state index contributed by atoms with van der Waals surface area (Å²) in [6, 6.07) is 4.27. The minimum atomic E-state index is 0.136. The van der Waals surface area contributed by atoms with Crippen molar-refractivity contribution in [2.75, 3.05) is 6.54 Å². The summed E-state index contributed by atoms with van der Waals surface area (Å²) >= 11 is 1.71. The van der Waals surface area contributed by atoms with Gasteiger partial charge < -0.3 is 11.1 Å². The minimum Gasteiger partial charge on any atom is -0.348 e. The molecule has 1 amide bonds. The van der Waals surface area contributed by atoms with Gasteiger partial charge in [-0.15, -0.1) is 11.3 Å². The molecular weight excluding hydrogens is 268 g/mol. The second kappa shape index (κ2) is 9.14. The van der Waals surface area contributed by atoms with Crippen molar-refractivity contribution in [3.8, 4) is 0 Å². The first kappa shape index (κ1) is 17.2. The minimum absolute atomic E-state index is 0.136. The number of hydrogen-bond donors (Lipinski definition) is 2. The van der Waals surface area contributed by atoms with E-state index in [2.05, 4.69) is 37.5 Å². The lowest BCUT2D eigenvalue weighted by molar-refractivity contribution is -0.122. The molecule has 1 aromatic heterocycles. The Morgan fingerprint density at radius 3 is 2.65 bits per heavy atom. The monoisotopic (exact) mass is 296 g/mol. The number of nitrogens with one attached hydrogen (secondary N) is 1. The zero-order valence-corrected chi connectivity index (χ0v) is 13.7. The highest BCUT2D eigenvalue weighted by molar-refractivity contribution is 7.10. The van der Waals surface area contributed by atoms with Crippen molar-refractivity contribution in [1.29, 1.82) is 0 Å². The molecule has 0 fully saturated rings. The van der Waals surface area contributed by atoms with E-state index in [-0.39, 0.29) is 11.9 Å². The Hall–Kier alpha value is -0.870. The molecule has 3 nitrogen and oxygen atoms in total. The van der Waals surface area contributed by atoms with Crippen molar-refractivity contribution >= 4 is 17.2 Å². The van der Waals surface area contributed by atoms with Crippen LogP contribution in [0.2, 0.25) is 0 Å². The first-order valence-corrected chi connectivity index (χ1v) is 8.49. The van der Waals surface area contributed by atoms with Gasteiger partial charge in [0, 0.05) is 11.3 Å². The molecule has 0 aliphatic heterocycles. The number of hydrogen-bond acceptors (Lipinski definition) is 3. The van der Waals surface area contributed by atoms with E-state index in [1.165, 1.54) is 4.88 Å². The third kappa shape index (κ3) is 5.63. The molecule has 2 atom stereocenters. The zero-order valence-electron chi connectivity index (χ0n) is 12.9. The van der Waals surface area contributed by atoms with Crippen molar-refractivity contribution in [2.45, 2.75) is 52.5 Å². The smallest absolute Gasteiger partial charge is 0.220 e. The van der Waals surface area contributed by atoms with Crippen LogP contribution in [-0.2, 0) is 4.79 Å². The molecular formula is C16H28N2OS. The van der Waals surface area contributed by atoms with Gasteiger partial charge in [0.25, 0.3) is 0 Å². The van der Waals surface area contributed by atoms with Gasteiger partial charge >= 0.3 is 0 Å². The first-order chi connectivity index (χ1) is 9.58. The molecule has 1 aromatic rings. The van der Waals surface area contributed by atoms with E-state index in [1.807, 2.05) is 6.07 Å². The van der Waals surface area contributed by atoms with E-state index >= 15 is 0 Å². The molecule has 0 saturated heterocycles. The number of rotatable bonds is 9. The third-order valence-corrected chi connectivity index (χ3v) is 4.72. The molecule has 0 radical (unpaired) electrons. The standard InChI is InChI=1S/C16H28N2OS/c1-4-13(9-10-17)7-8-15(19)18-16(12(2)3)14-6-5-11-20-14/h5-6,11-13,16H,4,7-10,17H2,1-3H3,(H,18,19). The number of carbonyl (C=O) groups excluding carboxylic acids is 1. The topological polar surface area (TPSA) is 55.1 Å². The van der Waals surface area contributed by atoms with Crippen molar-refractivity contribution < 1.29 is 4.79 Å². The lowest BCUT2D eigenvalue weighted by Crippen LogP contribution is -2.31. The van der Waals surface area contributed by atoms with Crippen molar-refractivity contribution in [3.63, 3.8) is 0 Å². The predicted octanol–water partition coefficient (Wildman–Crippen LogP) is 3.72. The van der Waals surface area contributed by atoms with Crippen LogP contribution in [0, 0.1) is 11.8 Å². The van der Waals surface area contributed by atoms with E-state index in [1.54, 1.807) is 11.3 Å². The fraction of sp³-hybridized carbons (Fsp3) is 0.688. The average Bonchev–Trinajstić information content (AvgIpc) is 2.94. The summed E-state index contributed by atoms with van der Waals surface area (Å²) in [4.78, 5) is 13.4. The maximum atomic E-state index is 12.1. The zero-order chi connectivity index (χ0) is 15.0. The van der Waals surface area contributed by atoms with Crippen LogP contribution in [0.25, 0.3) is 0 Å². The normalized spacial score (nSPS) is 14.2. The predicted molar refractivity (Wildman–Crippen MR) is 86.7 cm³/mol. The van der Waals surface area contributed by atoms with Gasteiger partial charge in [0.15, 0.2) is 0 Å².